The van der Waals surface area contributed by atoms with Crippen LogP contribution >= 0.6 is 0 Å². The molecule has 0 unspecified atom stereocenters. The van der Waals surface area contributed by atoms with E-state index < -0.39 is 0 Å². The molecular weight excluding hydrogens is 261 g/mol. The van der Waals surface area contributed by atoms with E-state index in [9.17, 15) is 9.18 Å². The smallest absolute Gasteiger partial charge is 0.280 e. The molecule has 0 atom stereocenters. The molecule has 3 rings (SSSR count). The summed E-state index contributed by atoms with van der Waals surface area (Å²) in [7, 11) is 1.62. The third kappa shape index (κ3) is 2.27. The summed E-state index contributed by atoms with van der Waals surface area (Å²) >= 11 is 0. The van der Waals surface area contributed by atoms with Crippen molar-refractivity contribution in [3.05, 3.63) is 42.0 Å². The number of nitrogens with one attached hydrogen (secondary N) is 1. The van der Waals surface area contributed by atoms with Crippen molar-refractivity contribution in [3.63, 3.8) is 0 Å². The second kappa shape index (κ2) is 5.01. The van der Waals surface area contributed by atoms with E-state index in [-0.39, 0.29) is 23.5 Å². The molecule has 6 nitrogen and oxygen atoms in total. The zero-order valence-electron chi connectivity index (χ0n) is 11.0. The van der Waals surface area contributed by atoms with E-state index in [0.717, 1.165) is 13.1 Å². The summed E-state index contributed by atoms with van der Waals surface area (Å²) < 4.78 is 14.6. The van der Waals surface area contributed by atoms with E-state index in [1.165, 1.54) is 17.0 Å². The molecule has 1 aromatic heterocycles. The molecule has 1 amide bonds. The van der Waals surface area contributed by atoms with Gasteiger partial charge >= 0.3 is 0 Å². The predicted octanol–water partition coefficient (Wildman–Crippen LogP) is 0.838. The first kappa shape index (κ1) is 12.7. The number of halogens is 1. The van der Waals surface area contributed by atoms with Crippen molar-refractivity contribution in [1.82, 2.24) is 20.3 Å². The molecule has 1 aliphatic rings. The van der Waals surface area contributed by atoms with Crippen LogP contribution in [0.5, 0.6) is 0 Å². The second-order valence-electron chi connectivity index (χ2n) is 4.74. The Labute approximate surface area is 115 Å². The van der Waals surface area contributed by atoms with Gasteiger partial charge in [-0.15, -0.1) is 5.10 Å². The second-order valence-corrected chi connectivity index (χ2v) is 4.74. The zero-order valence-corrected chi connectivity index (χ0v) is 11.0. The largest absolute Gasteiger partial charge is 0.312 e. The van der Waals surface area contributed by atoms with E-state index in [1.54, 1.807) is 30.1 Å². The lowest BCUT2D eigenvalue weighted by molar-refractivity contribution is 0.0988. The first-order chi connectivity index (χ1) is 9.65. The fraction of sp³-hybridized carbons (Fsp3) is 0.308. The maximum absolute atomic E-state index is 12.9. The third-order valence-electron chi connectivity index (χ3n) is 3.38. The van der Waals surface area contributed by atoms with Gasteiger partial charge in [0.05, 0.1) is 12.2 Å². The van der Waals surface area contributed by atoms with Crippen molar-refractivity contribution in [2.75, 3.05) is 25.0 Å². The van der Waals surface area contributed by atoms with E-state index >= 15 is 0 Å². The van der Waals surface area contributed by atoms with Crippen LogP contribution in [0.1, 0.15) is 16.5 Å². The van der Waals surface area contributed by atoms with E-state index in [2.05, 4.69) is 15.6 Å². The SMILES string of the molecule is CN(C(=O)c1cn(C2CNC2)nn1)c1ccc(F)cc1. The average Bonchev–Trinajstić information content (AvgIpc) is 2.85. The van der Waals surface area contributed by atoms with Gasteiger partial charge in [0.1, 0.15) is 5.82 Å². The molecule has 1 aliphatic heterocycles. The highest BCUT2D eigenvalue weighted by Gasteiger charge is 2.23. The van der Waals surface area contributed by atoms with Crippen LogP contribution in [0.3, 0.4) is 0 Å². The molecule has 1 fully saturated rings. The lowest BCUT2D eigenvalue weighted by atomic mass is 10.2. The molecule has 0 saturated carbocycles. The molecule has 1 saturated heterocycles. The summed E-state index contributed by atoms with van der Waals surface area (Å²) in [5.74, 6) is -0.604. The number of hydrogen-bond acceptors (Lipinski definition) is 4. The summed E-state index contributed by atoms with van der Waals surface area (Å²) in [6.07, 6.45) is 1.65. The minimum absolute atomic E-state index is 0.264. The summed E-state index contributed by atoms with van der Waals surface area (Å²) in [4.78, 5) is 13.7. The summed E-state index contributed by atoms with van der Waals surface area (Å²) in [5.41, 5.74) is 0.889. The van der Waals surface area contributed by atoms with Crippen LogP contribution < -0.4 is 10.2 Å². The normalized spacial score (nSPS) is 14.9. The van der Waals surface area contributed by atoms with Gasteiger partial charge in [-0.3, -0.25) is 4.79 Å². The quantitative estimate of drug-likeness (QED) is 0.901. The number of benzene rings is 1. The maximum atomic E-state index is 12.9. The molecular formula is C13H14FN5O. The highest BCUT2D eigenvalue weighted by molar-refractivity contribution is 6.04. The lowest BCUT2D eigenvalue weighted by Crippen LogP contribution is -2.43. The van der Waals surface area contributed by atoms with Gasteiger partial charge in [0.2, 0.25) is 0 Å². The Balaban J connectivity index is 1.77. The van der Waals surface area contributed by atoms with Gasteiger partial charge in [-0.1, -0.05) is 5.21 Å². The lowest BCUT2D eigenvalue weighted by Gasteiger charge is -2.26. The molecule has 1 aromatic carbocycles. The Morgan fingerprint density at radius 2 is 2.10 bits per heavy atom. The molecule has 1 N–H and O–H groups in total. The first-order valence-corrected chi connectivity index (χ1v) is 6.31. The fourth-order valence-corrected chi connectivity index (χ4v) is 1.97. The number of nitrogens with zero attached hydrogens (tertiary/aromatic N) is 4. The van der Waals surface area contributed by atoms with Crippen LogP contribution in [-0.4, -0.2) is 41.0 Å². The molecule has 104 valence electrons. The van der Waals surface area contributed by atoms with Crippen LogP contribution in [0.4, 0.5) is 10.1 Å². The minimum Gasteiger partial charge on any atom is -0.312 e. The van der Waals surface area contributed by atoms with Crippen LogP contribution in [0.2, 0.25) is 0 Å². The number of carbonyl (C=O) groups excluding carboxylic acids is 1. The van der Waals surface area contributed by atoms with Crippen molar-refractivity contribution in [3.8, 4) is 0 Å². The van der Waals surface area contributed by atoms with Gasteiger partial charge in [-0.25, -0.2) is 9.07 Å². The Morgan fingerprint density at radius 3 is 2.70 bits per heavy atom. The van der Waals surface area contributed by atoms with Gasteiger partial charge in [0.15, 0.2) is 5.69 Å². The zero-order chi connectivity index (χ0) is 14.1. The first-order valence-electron chi connectivity index (χ1n) is 6.31. The van der Waals surface area contributed by atoms with Crippen molar-refractivity contribution in [2.45, 2.75) is 6.04 Å². The monoisotopic (exact) mass is 275 g/mol. The van der Waals surface area contributed by atoms with Gasteiger partial charge < -0.3 is 10.2 Å². The fourth-order valence-electron chi connectivity index (χ4n) is 1.97. The Hall–Kier alpha value is -2.28. The molecule has 2 aromatic rings. The summed E-state index contributed by atoms with van der Waals surface area (Å²) in [6, 6.07) is 5.99. The predicted molar refractivity (Wildman–Crippen MR) is 71.1 cm³/mol. The van der Waals surface area contributed by atoms with Crippen molar-refractivity contribution < 1.29 is 9.18 Å². The van der Waals surface area contributed by atoms with Crippen LogP contribution in [0.15, 0.2) is 30.5 Å². The molecule has 7 heteroatoms. The topological polar surface area (TPSA) is 63.1 Å². The van der Waals surface area contributed by atoms with Crippen LogP contribution in [0.25, 0.3) is 0 Å². The number of hydrogen-bond donors (Lipinski definition) is 1. The molecule has 0 bridgehead atoms. The van der Waals surface area contributed by atoms with Crippen molar-refractivity contribution >= 4 is 11.6 Å². The number of amides is 1. The number of anilines is 1. The minimum atomic E-state index is -0.335. The Morgan fingerprint density at radius 1 is 1.40 bits per heavy atom. The van der Waals surface area contributed by atoms with Gasteiger partial charge in [0.25, 0.3) is 5.91 Å². The number of aromatic nitrogens is 3. The summed E-state index contributed by atoms with van der Waals surface area (Å²) in [6.45, 7) is 1.68. The van der Waals surface area contributed by atoms with E-state index in [1.807, 2.05) is 0 Å². The maximum Gasteiger partial charge on any atom is 0.280 e. The van der Waals surface area contributed by atoms with Crippen LogP contribution in [0, 0.1) is 5.82 Å². The molecule has 0 aliphatic carbocycles. The molecule has 20 heavy (non-hydrogen) atoms. The van der Waals surface area contributed by atoms with Crippen molar-refractivity contribution in [1.29, 1.82) is 0 Å². The Bertz CT molecular complexity index is 620. The average molecular weight is 275 g/mol. The molecule has 0 spiro atoms. The molecule has 2 heterocycles. The van der Waals surface area contributed by atoms with Crippen molar-refractivity contribution in [2.24, 2.45) is 0 Å². The highest BCUT2D eigenvalue weighted by Crippen LogP contribution is 2.16. The van der Waals surface area contributed by atoms with Gasteiger partial charge in [0, 0.05) is 25.8 Å². The van der Waals surface area contributed by atoms with Crippen LogP contribution in [-0.2, 0) is 0 Å². The standard InChI is InChI=1S/C13H14FN5O/c1-18(10-4-2-9(14)3-5-10)13(20)12-8-19(17-16-12)11-6-15-7-11/h2-5,8,11,15H,6-7H2,1H3. The van der Waals surface area contributed by atoms with Gasteiger partial charge in [-0.05, 0) is 24.3 Å². The summed E-state index contributed by atoms with van der Waals surface area (Å²) in [5, 5.41) is 11.0. The van der Waals surface area contributed by atoms with E-state index in [4.69, 9.17) is 0 Å². The Kier molecular flexibility index (Phi) is 3.19. The third-order valence-corrected chi connectivity index (χ3v) is 3.38. The number of rotatable bonds is 3. The highest BCUT2D eigenvalue weighted by atomic mass is 19.1. The molecule has 0 radical (unpaired) electrons. The van der Waals surface area contributed by atoms with Gasteiger partial charge in [-0.2, -0.15) is 0 Å². The van der Waals surface area contributed by atoms with E-state index in [0.29, 0.717) is 5.69 Å². The number of carbonyl (C=O) groups is 1.